The van der Waals surface area contributed by atoms with Crippen LogP contribution in [0, 0.1) is 20.7 Å². The first-order chi connectivity index (χ1) is 17.5. The molecule has 0 spiro atoms. The summed E-state index contributed by atoms with van der Waals surface area (Å²) in [6, 6.07) is 9.34. The van der Waals surface area contributed by atoms with E-state index < -0.39 is 44.1 Å². The van der Waals surface area contributed by atoms with Gasteiger partial charge in [-0.05, 0) is 73.8 Å². The molecule has 1 aromatic heterocycles. The SMILES string of the molecule is [2H]C([2H])([2H])c1cc(C)cc(-c2nc3n([n+]2C)-c2c(C)cccc2C(C)(C([2H])([2H])[2H])C3(C([2H])([2H])[2H])C([2H])([2H])[2H])c1. The van der Waals surface area contributed by atoms with E-state index in [2.05, 4.69) is 4.98 Å². The third-order valence-electron chi connectivity index (χ3n) is 5.43. The van der Waals surface area contributed by atoms with Crippen LogP contribution in [0.5, 0.6) is 0 Å². The van der Waals surface area contributed by atoms with Crippen LogP contribution in [0.2, 0.25) is 0 Å². The van der Waals surface area contributed by atoms with Crippen LogP contribution in [-0.2, 0) is 17.9 Å². The van der Waals surface area contributed by atoms with Gasteiger partial charge in [0, 0.05) is 21.9 Å². The Labute approximate surface area is 179 Å². The molecule has 1 aliphatic heterocycles. The normalized spacial score (nSPS) is 28.7. The van der Waals surface area contributed by atoms with E-state index in [1.165, 1.54) is 34.5 Å². The summed E-state index contributed by atoms with van der Waals surface area (Å²) in [5.41, 5.74) is -3.47. The lowest BCUT2D eigenvalue weighted by atomic mass is 9.61. The molecule has 2 aromatic carbocycles. The quantitative estimate of drug-likeness (QED) is 0.559. The lowest BCUT2D eigenvalue weighted by Crippen LogP contribution is -2.51. The van der Waals surface area contributed by atoms with Crippen LogP contribution in [0.15, 0.2) is 36.4 Å². The van der Waals surface area contributed by atoms with Gasteiger partial charge in [0.25, 0.3) is 5.82 Å². The van der Waals surface area contributed by atoms with Crippen molar-refractivity contribution in [1.29, 1.82) is 0 Å². The first-order valence-electron chi connectivity index (χ1n) is 14.7. The summed E-state index contributed by atoms with van der Waals surface area (Å²) in [7, 11) is 1.56. The maximum atomic E-state index is 8.61. The molecule has 3 heteroatoms. The predicted octanol–water partition coefficient (Wildman–Crippen LogP) is 4.86. The number of para-hydroxylation sites is 1. The predicted molar refractivity (Wildman–Crippen MR) is 110 cm³/mol. The molecule has 0 fully saturated rings. The fraction of sp³-hybridized carbons (Fsp3) is 0.417. The minimum absolute atomic E-state index is 0.0327. The van der Waals surface area contributed by atoms with Crippen LogP contribution in [0.3, 0.4) is 0 Å². The molecule has 4 rings (SSSR count). The molecule has 140 valence electrons. The van der Waals surface area contributed by atoms with Crippen molar-refractivity contribution in [2.24, 2.45) is 7.05 Å². The summed E-state index contributed by atoms with van der Waals surface area (Å²) in [6.07, 6.45) is 0. The lowest BCUT2D eigenvalue weighted by molar-refractivity contribution is -0.736. The van der Waals surface area contributed by atoms with E-state index >= 15 is 0 Å². The largest absolute Gasteiger partial charge is 0.351 e. The van der Waals surface area contributed by atoms with Gasteiger partial charge in [0.2, 0.25) is 0 Å². The second-order valence-corrected chi connectivity index (χ2v) is 7.53. The number of benzene rings is 2. The highest BCUT2D eigenvalue weighted by atomic mass is 15.5. The van der Waals surface area contributed by atoms with Crippen LogP contribution >= 0.6 is 0 Å². The molecular weight excluding hydrogens is 330 g/mol. The van der Waals surface area contributed by atoms with E-state index in [1.54, 1.807) is 39.1 Å². The van der Waals surface area contributed by atoms with E-state index in [4.69, 9.17) is 16.4 Å². The van der Waals surface area contributed by atoms with Gasteiger partial charge in [0.1, 0.15) is 7.05 Å². The average molecular weight is 373 g/mol. The van der Waals surface area contributed by atoms with Gasteiger partial charge in [0.15, 0.2) is 0 Å². The monoisotopic (exact) mass is 372 g/mol. The van der Waals surface area contributed by atoms with Crippen molar-refractivity contribution in [3.63, 3.8) is 0 Å². The molecule has 0 bridgehead atoms. The van der Waals surface area contributed by atoms with Gasteiger partial charge in [-0.25, -0.2) is 0 Å². The molecule has 0 saturated carbocycles. The molecule has 1 atom stereocenters. The van der Waals surface area contributed by atoms with Crippen molar-refractivity contribution in [3.05, 3.63) is 64.5 Å². The standard InChI is InChI=1S/C24H30N3/c1-15-12-16(2)14-18(13-15)21-25-22-24(6,7)23(4,5)19-11-9-10-17(3)20(19)27(22)26(21)8/h9-14H,1-8H3/q+1/i1D3,4D3,6D3,7D3. The molecule has 2 heterocycles. The van der Waals surface area contributed by atoms with Crippen LogP contribution in [0.25, 0.3) is 17.1 Å². The maximum Gasteiger partial charge on any atom is 0.351 e. The molecule has 0 radical (unpaired) electrons. The highest BCUT2D eigenvalue weighted by Gasteiger charge is 2.53. The number of aryl methyl sites for hydroxylation is 3. The van der Waals surface area contributed by atoms with Crippen molar-refractivity contribution in [1.82, 2.24) is 9.67 Å². The highest BCUT2D eigenvalue weighted by Crippen LogP contribution is 2.49. The van der Waals surface area contributed by atoms with Crippen molar-refractivity contribution in [2.45, 2.75) is 59.0 Å². The molecule has 1 aliphatic rings. The Bertz CT molecular complexity index is 1440. The van der Waals surface area contributed by atoms with Crippen molar-refractivity contribution < 1.29 is 21.1 Å². The van der Waals surface area contributed by atoms with Crippen molar-refractivity contribution >= 4 is 0 Å². The fourth-order valence-corrected chi connectivity index (χ4v) is 3.89. The first-order valence-corrected chi connectivity index (χ1v) is 8.74. The van der Waals surface area contributed by atoms with Gasteiger partial charge >= 0.3 is 5.82 Å². The minimum atomic E-state index is -3.35. The summed E-state index contributed by atoms with van der Waals surface area (Å²) in [6.45, 7) is -7.63. The third kappa shape index (κ3) is 2.33. The highest BCUT2D eigenvalue weighted by molar-refractivity contribution is 5.59. The Hall–Kier alpha value is -2.42. The Balaban J connectivity index is 2.29. The van der Waals surface area contributed by atoms with Crippen LogP contribution in [-0.4, -0.2) is 9.67 Å². The van der Waals surface area contributed by atoms with E-state index in [-0.39, 0.29) is 17.0 Å². The van der Waals surface area contributed by atoms with E-state index in [9.17, 15) is 0 Å². The van der Waals surface area contributed by atoms with Gasteiger partial charge in [-0.2, -0.15) is 0 Å². The minimum Gasteiger partial charge on any atom is -0.147 e. The molecule has 0 N–H and O–H groups in total. The second kappa shape index (κ2) is 5.54. The number of hydrogen-bond donors (Lipinski definition) is 0. The topological polar surface area (TPSA) is 21.7 Å². The van der Waals surface area contributed by atoms with Crippen molar-refractivity contribution in [3.8, 4) is 17.1 Å². The summed E-state index contributed by atoms with van der Waals surface area (Å²) >= 11 is 0. The number of nitrogens with zero attached hydrogens (tertiary/aromatic N) is 3. The lowest BCUT2D eigenvalue weighted by Gasteiger charge is -2.44. The molecule has 0 aliphatic carbocycles. The van der Waals surface area contributed by atoms with Crippen LogP contribution < -0.4 is 4.68 Å². The zero-order valence-corrected chi connectivity index (χ0v) is 15.8. The second-order valence-electron chi connectivity index (χ2n) is 7.53. The number of rotatable bonds is 1. The smallest absolute Gasteiger partial charge is 0.147 e. The van der Waals surface area contributed by atoms with Crippen LogP contribution in [0.4, 0.5) is 0 Å². The van der Waals surface area contributed by atoms with Crippen molar-refractivity contribution in [2.75, 3.05) is 0 Å². The zero-order valence-electron chi connectivity index (χ0n) is 27.8. The summed E-state index contributed by atoms with van der Waals surface area (Å²) in [5.74, 6) is -0.349. The van der Waals surface area contributed by atoms with Gasteiger partial charge < -0.3 is 0 Å². The maximum absolute atomic E-state index is 8.61. The molecule has 3 nitrogen and oxygen atoms in total. The average Bonchev–Trinajstić information content (AvgIpc) is 3.07. The Morgan fingerprint density at radius 3 is 2.48 bits per heavy atom. The van der Waals surface area contributed by atoms with Crippen LogP contribution in [0.1, 0.15) is 72.0 Å². The van der Waals surface area contributed by atoms with Gasteiger partial charge in [-0.1, -0.05) is 38.0 Å². The number of hydrogen-bond acceptors (Lipinski definition) is 1. The Morgan fingerprint density at radius 2 is 1.78 bits per heavy atom. The Morgan fingerprint density at radius 1 is 1.04 bits per heavy atom. The van der Waals surface area contributed by atoms with Gasteiger partial charge in [0.05, 0.1) is 16.7 Å². The van der Waals surface area contributed by atoms with E-state index in [1.807, 2.05) is 0 Å². The van der Waals surface area contributed by atoms with Gasteiger partial charge in [-0.15, -0.1) is 9.36 Å². The number of aromatic nitrogens is 3. The molecule has 1 unspecified atom stereocenters. The molecule has 3 aromatic rings. The van der Waals surface area contributed by atoms with Gasteiger partial charge in [-0.3, -0.25) is 0 Å². The molecular formula is C24H30N3+. The van der Waals surface area contributed by atoms with E-state index in [0.717, 1.165) is 0 Å². The third-order valence-corrected chi connectivity index (χ3v) is 5.43. The van der Waals surface area contributed by atoms with E-state index in [0.29, 0.717) is 22.4 Å². The summed E-state index contributed by atoms with van der Waals surface area (Å²) in [5, 5.41) is 0. The fourth-order valence-electron chi connectivity index (χ4n) is 3.89. The summed E-state index contributed by atoms with van der Waals surface area (Å²) < 4.78 is 104. The summed E-state index contributed by atoms with van der Waals surface area (Å²) in [4.78, 5) is 4.59. The molecule has 27 heavy (non-hydrogen) atoms. The Kier molecular flexibility index (Phi) is 1.79. The molecule has 0 saturated heterocycles. The zero-order chi connectivity index (χ0) is 29.7. The first kappa shape index (κ1) is 8.72. The number of fused-ring (bicyclic) bond motifs is 3. The molecule has 0 amide bonds.